The normalized spacial score (nSPS) is 19.9. The molecular formula is C19H26N2O3. The molecule has 1 aromatic carbocycles. The molecule has 2 fully saturated rings. The number of urea groups is 1. The Morgan fingerprint density at radius 2 is 1.75 bits per heavy atom. The summed E-state index contributed by atoms with van der Waals surface area (Å²) in [6, 6.07) is 7.69. The predicted octanol–water partition coefficient (Wildman–Crippen LogP) is 3.23. The molecule has 3 rings (SSSR count). The van der Waals surface area contributed by atoms with Crippen LogP contribution in [-0.4, -0.2) is 35.5 Å². The predicted molar refractivity (Wildman–Crippen MR) is 92.1 cm³/mol. The van der Waals surface area contributed by atoms with E-state index in [2.05, 4.69) is 38.2 Å². The second-order valence-corrected chi connectivity index (χ2v) is 7.80. The van der Waals surface area contributed by atoms with Crippen LogP contribution in [0.15, 0.2) is 24.3 Å². The largest absolute Gasteiger partial charge is 0.492 e. The maximum absolute atomic E-state index is 12.5. The molecule has 1 aliphatic heterocycles. The van der Waals surface area contributed by atoms with Crippen molar-refractivity contribution in [2.24, 2.45) is 0 Å². The van der Waals surface area contributed by atoms with Crippen molar-refractivity contribution in [2.75, 3.05) is 13.2 Å². The molecule has 1 heterocycles. The lowest BCUT2D eigenvalue weighted by Gasteiger charge is -2.20. The first-order valence-electron chi connectivity index (χ1n) is 8.69. The van der Waals surface area contributed by atoms with E-state index in [0.717, 1.165) is 31.4 Å². The molecule has 1 N–H and O–H groups in total. The lowest BCUT2D eigenvalue weighted by atomic mass is 9.87. The van der Waals surface area contributed by atoms with E-state index in [4.69, 9.17) is 4.74 Å². The third-order valence-electron chi connectivity index (χ3n) is 5.01. The third kappa shape index (κ3) is 3.12. The lowest BCUT2D eigenvalue weighted by molar-refractivity contribution is -0.131. The molecule has 0 radical (unpaired) electrons. The quantitative estimate of drug-likeness (QED) is 0.862. The summed E-state index contributed by atoms with van der Waals surface area (Å²) in [4.78, 5) is 25.9. The minimum absolute atomic E-state index is 0.0864. The van der Waals surface area contributed by atoms with Crippen molar-refractivity contribution in [3.05, 3.63) is 29.8 Å². The van der Waals surface area contributed by atoms with Crippen LogP contribution in [0.2, 0.25) is 0 Å². The van der Waals surface area contributed by atoms with E-state index in [-0.39, 0.29) is 23.9 Å². The second kappa shape index (κ2) is 6.11. The van der Waals surface area contributed by atoms with Crippen molar-refractivity contribution >= 4 is 11.9 Å². The molecule has 0 atom stereocenters. The fraction of sp³-hybridized carbons (Fsp3) is 0.579. The van der Waals surface area contributed by atoms with Crippen molar-refractivity contribution in [3.8, 4) is 5.75 Å². The Bertz CT molecular complexity index is 625. The number of hydrogen-bond donors (Lipinski definition) is 1. The van der Waals surface area contributed by atoms with Gasteiger partial charge in [0.2, 0.25) is 0 Å². The fourth-order valence-corrected chi connectivity index (χ4v) is 3.50. The number of carbonyl (C=O) groups excluding carboxylic acids is 2. The smallest absolute Gasteiger partial charge is 0.325 e. The van der Waals surface area contributed by atoms with Gasteiger partial charge >= 0.3 is 6.03 Å². The average Bonchev–Trinajstić information content (AvgIpc) is 3.08. The lowest BCUT2D eigenvalue weighted by Crippen LogP contribution is -2.44. The third-order valence-corrected chi connectivity index (χ3v) is 5.01. The van der Waals surface area contributed by atoms with Crippen LogP contribution in [0.3, 0.4) is 0 Å². The van der Waals surface area contributed by atoms with Crippen LogP contribution < -0.4 is 10.1 Å². The number of amides is 3. The molecule has 5 heteroatoms. The molecule has 0 bridgehead atoms. The number of imide groups is 1. The van der Waals surface area contributed by atoms with E-state index < -0.39 is 5.54 Å². The molecule has 1 aromatic rings. The summed E-state index contributed by atoms with van der Waals surface area (Å²) in [6.45, 7) is 7.09. The molecule has 1 saturated carbocycles. The minimum Gasteiger partial charge on any atom is -0.492 e. The zero-order chi connectivity index (χ0) is 17.4. The summed E-state index contributed by atoms with van der Waals surface area (Å²) < 4.78 is 5.71. The van der Waals surface area contributed by atoms with Crippen LogP contribution in [0, 0.1) is 0 Å². The van der Waals surface area contributed by atoms with Gasteiger partial charge in [-0.1, -0.05) is 45.7 Å². The van der Waals surface area contributed by atoms with Gasteiger partial charge in [0.25, 0.3) is 5.91 Å². The van der Waals surface area contributed by atoms with Crippen LogP contribution in [0.1, 0.15) is 52.0 Å². The number of rotatable bonds is 4. The molecule has 5 nitrogen and oxygen atoms in total. The summed E-state index contributed by atoms with van der Waals surface area (Å²) in [5.41, 5.74) is 0.715. The first-order chi connectivity index (χ1) is 11.3. The zero-order valence-corrected chi connectivity index (χ0v) is 14.7. The van der Waals surface area contributed by atoms with Crippen LogP contribution in [0.25, 0.3) is 0 Å². The van der Waals surface area contributed by atoms with Gasteiger partial charge in [0.05, 0.1) is 6.54 Å². The SMILES string of the molecule is CC(C)(C)c1ccc(OCCN2C(=O)NC3(CCCC3)C2=O)cc1. The van der Waals surface area contributed by atoms with Gasteiger partial charge in [0, 0.05) is 0 Å². The van der Waals surface area contributed by atoms with E-state index in [1.54, 1.807) is 0 Å². The molecule has 0 unspecified atom stereocenters. The van der Waals surface area contributed by atoms with Crippen molar-refractivity contribution in [3.63, 3.8) is 0 Å². The average molecular weight is 330 g/mol. The van der Waals surface area contributed by atoms with Crippen molar-refractivity contribution < 1.29 is 14.3 Å². The fourth-order valence-electron chi connectivity index (χ4n) is 3.50. The Morgan fingerprint density at radius 3 is 2.33 bits per heavy atom. The Kier molecular flexibility index (Phi) is 4.28. The summed E-state index contributed by atoms with van der Waals surface area (Å²) >= 11 is 0. The maximum atomic E-state index is 12.5. The van der Waals surface area contributed by atoms with Gasteiger partial charge < -0.3 is 10.1 Å². The number of carbonyl (C=O) groups is 2. The molecule has 1 spiro atoms. The summed E-state index contributed by atoms with van der Waals surface area (Å²) in [7, 11) is 0. The van der Waals surface area contributed by atoms with Gasteiger partial charge in [-0.05, 0) is 36.0 Å². The van der Waals surface area contributed by atoms with Gasteiger partial charge in [-0.2, -0.15) is 0 Å². The molecule has 24 heavy (non-hydrogen) atoms. The topological polar surface area (TPSA) is 58.6 Å². The summed E-state index contributed by atoms with van der Waals surface area (Å²) in [5, 5.41) is 2.88. The highest BCUT2D eigenvalue weighted by molar-refractivity contribution is 6.07. The molecule has 1 aliphatic carbocycles. The standard InChI is InChI=1S/C19H26N2O3/c1-18(2,3)14-6-8-15(9-7-14)24-13-12-21-16(22)19(20-17(21)23)10-4-5-11-19/h6-9H,4-5,10-13H2,1-3H3,(H,20,23). The van der Waals surface area contributed by atoms with E-state index in [1.807, 2.05) is 12.1 Å². The number of ether oxygens (including phenoxy) is 1. The molecule has 2 aliphatic rings. The molecule has 130 valence electrons. The molecule has 1 saturated heterocycles. The first-order valence-corrected chi connectivity index (χ1v) is 8.69. The Labute approximate surface area is 143 Å². The van der Waals surface area contributed by atoms with Crippen LogP contribution in [-0.2, 0) is 10.2 Å². The van der Waals surface area contributed by atoms with Crippen molar-refractivity contribution in [1.82, 2.24) is 10.2 Å². The minimum atomic E-state index is -0.633. The highest BCUT2D eigenvalue weighted by atomic mass is 16.5. The number of hydrogen-bond acceptors (Lipinski definition) is 3. The van der Waals surface area contributed by atoms with E-state index in [9.17, 15) is 9.59 Å². The highest BCUT2D eigenvalue weighted by Crippen LogP contribution is 2.34. The maximum Gasteiger partial charge on any atom is 0.325 e. The first kappa shape index (κ1) is 16.8. The highest BCUT2D eigenvalue weighted by Gasteiger charge is 2.52. The van der Waals surface area contributed by atoms with Gasteiger partial charge in [-0.15, -0.1) is 0 Å². The Morgan fingerprint density at radius 1 is 1.12 bits per heavy atom. The Hall–Kier alpha value is -2.04. The number of nitrogens with zero attached hydrogens (tertiary/aromatic N) is 1. The van der Waals surface area contributed by atoms with Gasteiger partial charge in [0.1, 0.15) is 17.9 Å². The van der Waals surface area contributed by atoms with Crippen LogP contribution in [0.4, 0.5) is 4.79 Å². The zero-order valence-electron chi connectivity index (χ0n) is 14.7. The number of nitrogens with one attached hydrogen (secondary N) is 1. The second-order valence-electron chi connectivity index (χ2n) is 7.80. The van der Waals surface area contributed by atoms with Crippen molar-refractivity contribution in [2.45, 2.75) is 57.4 Å². The van der Waals surface area contributed by atoms with Gasteiger partial charge in [-0.3, -0.25) is 9.69 Å². The number of benzene rings is 1. The van der Waals surface area contributed by atoms with Crippen LogP contribution >= 0.6 is 0 Å². The van der Waals surface area contributed by atoms with E-state index in [1.165, 1.54) is 10.5 Å². The van der Waals surface area contributed by atoms with Gasteiger partial charge in [0.15, 0.2) is 0 Å². The van der Waals surface area contributed by atoms with E-state index >= 15 is 0 Å². The van der Waals surface area contributed by atoms with E-state index in [0.29, 0.717) is 6.61 Å². The molecule has 0 aromatic heterocycles. The monoisotopic (exact) mass is 330 g/mol. The Balaban J connectivity index is 1.55. The van der Waals surface area contributed by atoms with Crippen molar-refractivity contribution in [1.29, 1.82) is 0 Å². The summed E-state index contributed by atoms with van der Waals surface area (Å²) in [6.07, 6.45) is 3.50. The van der Waals surface area contributed by atoms with Gasteiger partial charge in [-0.25, -0.2) is 4.79 Å². The molecular weight excluding hydrogens is 304 g/mol. The van der Waals surface area contributed by atoms with Crippen LogP contribution in [0.5, 0.6) is 5.75 Å². The summed E-state index contributed by atoms with van der Waals surface area (Å²) in [5.74, 6) is 0.669. The molecule has 3 amide bonds.